The summed E-state index contributed by atoms with van der Waals surface area (Å²) in [6.07, 6.45) is 4.69. The van der Waals surface area contributed by atoms with Crippen LogP contribution in [0.2, 0.25) is 0 Å². The van der Waals surface area contributed by atoms with Crippen LogP contribution in [-0.2, 0) is 4.74 Å². The zero-order valence-electron chi connectivity index (χ0n) is 14.7. The Balaban J connectivity index is 1.77. The summed E-state index contributed by atoms with van der Waals surface area (Å²) in [6, 6.07) is 3.87. The average molecular weight is 338 g/mol. The van der Waals surface area contributed by atoms with Crippen molar-refractivity contribution in [2.45, 2.75) is 57.2 Å². The molecule has 0 bridgehead atoms. The molecule has 5 heteroatoms. The Labute approximate surface area is 143 Å². The molecule has 0 amide bonds. The summed E-state index contributed by atoms with van der Waals surface area (Å²) in [5.74, 6) is -0.955. The van der Waals surface area contributed by atoms with Gasteiger partial charge in [0.25, 0.3) is 0 Å². The molecule has 1 aliphatic carbocycles. The molecule has 1 aromatic carbocycles. The molecule has 2 fully saturated rings. The fourth-order valence-electron chi connectivity index (χ4n) is 4.56. The van der Waals surface area contributed by atoms with Crippen molar-refractivity contribution in [1.29, 1.82) is 0 Å². The number of hydrogen-bond acceptors (Lipinski definition) is 3. The van der Waals surface area contributed by atoms with Crippen LogP contribution in [0.3, 0.4) is 0 Å². The number of rotatable bonds is 5. The molecule has 2 aliphatic rings. The lowest BCUT2D eigenvalue weighted by atomic mass is 9.85. The van der Waals surface area contributed by atoms with Crippen LogP contribution in [0.25, 0.3) is 0 Å². The Kier molecular flexibility index (Phi) is 5.52. The van der Waals surface area contributed by atoms with Gasteiger partial charge in [-0.15, -0.1) is 0 Å². The highest BCUT2D eigenvalue weighted by Gasteiger charge is 2.44. The number of hydrogen-bond donors (Lipinski definition) is 1. The highest BCUT2D eigenvalue weighted by molar-refractivity contribution is 5.23. The average Bonchev–Trinajstić information content (AvgIpc) is 3.06. The van der Waals surface area contributed by atoms with Crippen molar-refractivity contribution in [3.8, 4) is 0 Å². The van der Waals surface area contributed by atoms with Crippen LogP contribution in [0.1, 0.15) is 51.1 Å². The van der Waals surface area contributed by atoms with E-state index in [1.807, 2.05) is 6.92 Å². The zero-order valence-corrected chi connectivity index (χ0v) is 14.7. The van der Waals surface area contributed by atoms with E-state index in [2.05, 4.69) is 17.1 Å². The first kappa shape index (κ1) is 17.8. The van der Waals surface area contributed by atoms with Crippen molar-refractivity contribution in [1.82, 2.24) is 10.2 Å². The summed E-state index contributed by atoms with van der Waals surface area (Å²) in [6.45, 7) is 7.43. The van der Waals surface area contributed by atoms with E-state index < -0.39 is 11.6 Å². The van der Waals surface area contributed by atoms with Crippen molar-refractivity contribution < 1.29 is 13.5 Å². The lowest BCUT2D eigenvalue weighted by molar-refractivity contribution is -0.0345. The predicted octanol–water partition coefficient (Wildman–Crippen LogP) is 3.65. The zero-order chi connectivity index (χ0) is 17.2. The van der Waals surface area contributed by atoms with Gasteiger partial charge < -0.3 is 10.1 Å². The van der Waals surface area contributed by atoms with Gasteiger partial charge in [0.15, 0.2) is 0 Å². The van der Waals surface area contributed by atoms with Gasteiger partial charge in [0.05, 0.1) is 13.2 Å². The summed E-state index contributed by atoms with van der Waals surface area (Å²) >= 11 is 0. The van der Waals surface area contributed by atoms with Crippen LogP contribution in [0.15, 0.2) is 18.2 Å². The molecule has 0 radical (unpaired) electrons. The van der Waals surface area contributed by atoms with E-state index in [1.54, 1.807) is 0 Å². The Bertz CT molecular complexity index is 534. The number of nitrogens with one attached hydrogen (secondary N) is 1. The number of benzene rings is 1. The van der Waals surface area contributed by atoms with Gasteiger partial charge in [0.1, 0.15) is 11.6 Å². The Morgan fingerprint density at radius 1 is 1.08 bits per heavy atom. The number of nitrogens with zero attached hydrogens (tertiary/aromatic N) is 1. The Hall–Kier alpha value is -1.04. The quantitative estimate of drug-likeness (QED) is 0.887. The van der Waals surface area contributed by atoms with Gasteiger partial charge >= 0.3 is 0 Å². The Morgan fingerprint density at radius 3 is 2.25 bits per heavy atom. The van der Waals surface area contributed by atoms with Crippen molar-refractivity contribution in [2.75, 3.05) is 26.3 Å². The second kappa shape index (κ2) is 7.46. The summed E-state index contributed by atoms with van der Waals surface area (Å²) in [5.41, 5.74) is 0.208. The van der Waals surface area contributed by atoms with Gasteiger partial charge in [0, 0.05) is 36.3 Å². The lowest BCUT2D eigenvalue weighted by Gasteiger charge is -2.48. The molecule has 1 saturated carbocycles. The van der Waals surface area contributed by atoms with Crippen molar-refractivity contribution >= 4 is 0 Å². The van der Waals surface area contributed by atoms with E-state index in [0.29, 0.717) is 0 Å². The highest BCUT2D eigenvalue weighted by Crippen LogP contribution is 2.39. The van der Waals surface area contributed by atoms with E-state index >= 15 is 0 Å². The molecular formula is C19H28F2N2O. The van der Waals surface area contributed by atoms with Crippen LogP contribution in [0.5, 0.6) is 0 Å². The van der Waals surface area contributed by atoms with Crippen LogP contribution in [-0.4, -0.2) is 42.8 Å². The molecule has 1 aromatic rings. The van der Waals surface area contributed by atoms with Gasteiger partial charge in [0.2, 0.25) is 0 Å². The van der Waals surface area contributed by atoms with Crippen LogP contribution in [0.4, 0.5) is 8.78 Å². The largest absolute Gasteiger partial charge is 0.379 e. The van der Waals surface area contributed by atoms with E-state index in [9.17, 15) is 8.78 Å². The van der Waals surface area contributed by atoms with Gasteiger partial charge in [-0.05, 0) is 38.8 Å². The molecule has 2 atom stereocenters. The van der Waals surface area contributed by atoms with Crippen LogP contribution < -0.4 is 5.32 Å². The molecule has 0 spiro atoms. The highest BCUT2D eigenvalue weighted by atomic mass is 19.1. The van der Waals surface area contributed by atoms with Gasteiger partial charge in [-0.3, -0.25) is 4.90 Å². The van der Waals surface area contributed by atoms with Crippen molar-refractivity contribution in [3.63, 3.8) is 0 Å². The molecule has 0 unspecified atom stereocenters. The molecule has 1 heterocycles. The lowest BCUT2D eigenvalue weighted by Crippen LogP contribution is -2.61. The second-order valence-electron chi connectivity index (χ2n) is 7.16. The van der Waals surface area contributed by atoms with Gasteiger partial charge in [-0.25, -0.2) is 8.78 Å². The molecule has 1 saturated heterocycles. The topological polar surface area (TPSA) is 24.5 Å². The molecule has 134 valence electrons. The summed E-state index contributed by atoms with van der Waals surface area (Å²) in [4.78, 5) is 2.53. The minimum Gasteiger partial charge on any atom is -0.379 e. The van der Waals surface area contributed by atoms with E-state index in [0.717, 1.165) is 39.1 Å². The number of morpholine rings is 1. The molecule has 1 aliphatic heterocycles. The fraction of sp³-hybridized carbons (Fsp3) is 0.684. The first-order valence-corrected chi connectivity index (χ1v) is 9.07. The SMILES string of the molecule is C[C@@H](N[C@H](C)C1(N2CCOCC2)CCCC1)c1c(F)cccc1F. The number of ether oxygens (including phenoxy) is 1. The third-order valence-corrected chi connectivity index (χ3v) is 5.85. The van der Waals surface area contributed by atoms with Crippen LogP contribution >= 0.6 is 0 Å². The minimum absolute atomic E-state index is 0.0692. The molecular weight excluding hydrogens is 310 g/mol. The number of halogens is 2. The third kappa shape index (κ3) is 3.35. The second-order valence-corrected chi connectivity index (χ2v) is 7.16. The normalized spacial score (nSPS) is 24.0. The summed E-state index contributed by atoms with van der Waals surface area (Å²) < 4.78 is 33.6. The smallest absolute Gasteiger partial charge is 0.130 e. The molecule has 3 nitrogen and oxygen atoms in total. The summed E-state index contributed by atoms with van der Waals surface area (Å²) in [7, 11) is 0. The molecule has 3 rings (SSSR count). The standard InChI is InChI=1S/C19H28F2N2O/c1-14(18-16(20)6-5-7-17(18)21)22-15(2)19(8-3-4-9-19)23-10-12-24-13-11-23/h5-7,14-15,22H,3-4,8-13H2,1-2H3/t14-,15-/m1/s1. The molecule has 1 N–H and O–H groups in total. The maximum Gasteiger partial charge on any atom is 0.130 e. The van der Waals surface area contributed by atoms with Crippen molar-refractivity contribution in [2.24, 2.45) is 0 Å². The third-order valence-electron chi connectivity index (χ3n) is 5.85. The Morgan fingerprint density at radius 2 is 1.67 bits per heavy atom. The first-order chi connectivity index (χ1) is 11.5. The van der Waals surface area contributed by atoms with E-state index in [1.165, 1.54) is 31.0 Å². The van der Waals surface area contributed by atoms with E-state index in [-0.39, 0.29) is 23.2 Å². The maximum absolute atomic E-state index is 14.1. The van der Waals surface area contributed by atoms with E-state index in [4.69, 9.17) is 4.74 Å². The fourth-order valence-corrected chi connectivity index (χ4v) is 4.56. The minimum atomic E-state index is -0.478. The monoisotopic (exact) mass is 338 g/mol. The molecule has 24 heavy (non-hydrogen) atoms. The van der Waals surface area contributed by atoms with Crippen molar-refractivity contribution in [3.05, 3.63) is 35.4 Å². The molecule has 0 aromatic heterocycles. The van der Waals surface area contributed by atoms with Gasteiger partial charge in [-0.1, -0.05) is 18.9 Å². The predicted molar refractivity (Wildman–Crippen MR) is 91.0 cm³/mol. The summed E-state index contributed by atoms with van der Waals surface area (Å²) in [5, 5.41) is 3.50. The maximum atomic E-state index is 14.1. The van der Waals surface area contributed by atoms with Crippen LogP contribution in [0, 0.1) is 11.6 Å². The van der Waals surface area contributed by atoms with Gasteiger partial charge in [-0.2, -0.15) is 0 Å². The first-order valence-electron chi connectivity index (χ1n) is 9.07.